The third-order valence-electron chi connectivity index (χ3n) is 7.45. The molecule has 2 aromatic carbocycles. The summed E-state index contributed by atoms with van der Waals surface area (Å²) in [4.78, 5) is 49.7. The van der Waals surface area contributed by atoms with Gasteiger partial charge in [0.15, 0.2) is 5.78 Å². The number of hydrogen-bond acceptors (Lipinski definition) is 10. The lowest BCUT2D eigenvalue weighted by molar-refractivity contribution is -0.114. The van der Waals surface area contributed by atoms with Gasteiger partial charge in [0.05, 0.1) is 32.5 Å². The molecule has 3 heterocycles. The van der Waals surface area contributed by atoms with E-state index in [-0.39, 0.29) is 40.4 Å². The molecule has 0 saturated carbocycles. The molecule has 12 nitrogen and oxygen atoms in total. The minimum atomic E-state index is -0.546. The molecule has 0 aliphatic carbocycles. The van der Waals surface area contributed by atoms with Crippen molar-refractivity contribution in [2.24, 2.45) is 0 Å². The number of anilines is 4. The normalized spacial score (nSPS) is 13.6. The predicted octanol–water partition coefficient (Wildman–Crippen LogP) is 6.27. The molecule has 14 heteroatoms. The monoisotopic (exact) mass is 676 g/mol. The van der Waals surface area contributed by atoms with Gasteiger partial charge in [0.2, 0.25) is 5.95 Å². The number of nitrogens with one attached hydrogen (secondary N) is 1. The Morgan fingerprint density at radius 3 is 2.51 bits per heavy atom. The van der Waals surface area contributed by atoms with E-state index < -0.39 is 12.1 Å². The van der Waals surface area contributed by atoms with Crippen molar-refractivity contribution in [1.29, 1.82) is 0 Å². The lowest BCUT2D eigenvalue weighted by Crippen LogP contribution is -2.49. The van der Waals surface area contributed by atoms with Crippen LogP contribution in [0.2, 0.25) is 10.0 Å². The fourth-order valence-electron chi connectivity index (χ4n) is 5.12. The number of urea groups is 1. The molecular formula is C33H34Cl2N8O4. The quantitative estimate of drug-likeness (QED) is 0.172. The van der Waals surface area contributed by atoms with Crippen molar-refractivity contribution >= 4 is 58.3 Å². The number of halogens is 2. The van der Waals surface area contributed by atoms with Crippen LogP contribution in [0.3, 0.4) is 0 Å². The zero-order valence-electron chi connectivity index (χ0n) is 26.6. The molecule has 0 bridgehead atoms. The summed E-state index contributed by atoms with van der Waals surface area (Å²) < 4.78 is 11.0. The number of amides is 2. The first-order valence-corrected chi connectivity index (χ1v) is 15.4. The number of ketones is 1. The minimum Gasteiger partial charge on any atom is -0.495 e. The second-order valence-corrected chi connectivity index (χ2v) is 11.7. The van der Waals surface area contributed by atoms with E-state index in [1.165, 1.54) is 25.4 Å². The Morgan fingerprint density at radius 2 is 1.85 bits per heavy atom. The SMILES string of the molecule is COc1cc(OC)c(Cl)c(N2Cc3cnc(Nc4ccncn4)nc3N(C(C)c3cccc(CC(=O)/C=C/CN(C)C)c3)C2=O)c1Cl. The number of benzene rings is 2. The van der Waals surface area contributed by atoms with E-state index in [0.717, 1.165) is 11.1 Å². The fraction of sp³-hybridized carbons (Fsp3) is 0.273. The molecule has 244 valence electrons. The van der Waals surface area contributed by atoms with Crippen LogP contribution in [0.4, 0.5) is 28.1 Å². The van der Waals surface area contributed by atoms with Gasteiger partial charge in [-0.2, -0.15) is 4.98 Å². The van der Waals surface area contributed by atoms with Crippen molar-refractivity contribution in [1.82, 2.24) is 24.8 Å². The molecule has 0 fully saturated rings. The maximum atomic E-state index is 14.6. The standard InChI is InChI=1S/C33H34Cl2N8O4/c1-20(22-9-6-8-21(14-22)15-24(44)10-7-13-41(2)3)43-31-23(17-37-32(40-31)39-27-11-12-36-19-38-27)18-42(33(43)45)30-28(34)25(46-4)16-26(47-5)29(30)35/h6-12,14,16-17,19-20H,13,15,18H2,1-5H3,(H,36,37,38,39,40)/b10-7+. The summed E-state index contributed by atoms with van der Waals surface area (Å²) >= 11 is 13.6. The highest BCUT2D eigenvalue weighted by Gasteiger charge is 2.39. The second-order valence-electron chi connectivity index (χ2n) is 11.0. The third-order valence-corrected chi connectivity index (χ3v) is 8.18. The Labute approximate surface area is 283 Å². The van der Waals surface area contributed by atoms with Crippen LogP contribution in [0.15, 0.2) is 67.3 Å². The maximum Gasteiger partial charge on any atom is 0.331 e. The number of aromatic nitrogens is 4. The number of ether oxygens (including phenoxy) is 2. The van der Waals surface area contributed by atoms with E-state index in [4.69, 9.17) is 37.7 Å². The molecule has 1 aliphatic heterocycles. The third kappa shape index (κ3) is 7.46. The van der Waals surface area contributed by atoms with E-state index in [1.807, 2.05) is 56.3 Å². The second kappa shape index (κ2) is 14.8. The first kappa shape index (κ1) is 33.6. The first-order chi connectivity index (χ1) is 22.6. The van der Waals surface area contributed by atoms with E-state index in [2.05, 4.69) is 20.3 Å². The topological polar surface area (TPSA) is 126 Å². The molecule has 0 saturated heterocycles. The lowest BCUT2D eigenvalue weighted by Gasteiger charge is -2.40. The van der Waals surface area contributed by atoms with Gasteiger partial charge in [-0.25, -0.2) is 19.7 Å². The zero-order valence-corrected chi connectivity index (χ0v) is 28.1. The van der Waals surface area contributed by atoms with E-state index in [9.17, 15) is 9.59 Å². The molecule has 0 spiro atoms. The van der Waals surface area contributed by atoms with Crippen molar-refractivity contribution in [2.75, 3.05) is 50.0 Å². The Hall–Kier alpha value is -4.78. The van der Waals surface area contributed by atoms with E-state index in [0.29, 0.717) is 35.2 Å². The van der Waals surface area contributed by atoms with Crippen LogP contribution in [0, 0.1) is 0 Å². The van der Waals surface area contributed by atoms with Crippen molar-refractivity contribution in [3.63, 3.8) is 0 Å². The van der Waals surface area contributed by atoms with Crippen LogP contribution in [0.25, 0.3) is 0 Å². The summed E-state index contributed by atoms with van der Waals surface area (Å²) in [5.74, 6) is 1.68. The van der Waals surface area contributed by atoms with Gasteiger partial charge in [-0.05, 0) is 44.3 Å². The highest BCUT2D eigenvalue weighted by Crippen LogP contribution is 2.48. The molecule has 2 aromatic heterocycles. The first-order valence-electron chi connectivity index (χ1n) is 14.6. The highest BCUT2D eigenvalue weighted by molar-refractivity contribution is 6.42. The highest BCUT2D eigenvalue weighted by atomic mass is 35.5. The van der Waals surface area contributed by atoms with Crippen LogP contribution >= 0.6 is 23.2 Å². The van der Waals surface area contributed by atoms with Gasteiger partial charge >= 0.3 is 6.03 Å². The summed E-state index contributed by atoms with van der Waals surface area (Å²) in [6.07, 6.45) is 8.28. The molecule has 5 rings (SSSR count). The van der Waals surface area contributed by atoms with Crippen molar-refractivity contribution in [3.05, 3.63) is 94.0 Å². The van der Waals surface area contributed by atoms with Gasteiger partial charge in [0.1, 0.15) is 39.5 Å². The number of allylic oxidation sites excluding steroid dienone is 1. The van der Waals surface area contributed by atoms with Gasteiger partial charge in [-0.15, -0.1) is 0 Å². The Morgan fingerprint density at radius 1 is 1.11 bits per heavy atom. The zero-order chi connectivity index (χ0) is 33.7. The Bertz CT molecular complexity index is 1780. The smallest absolute Gasteiger partial charge is 0.331 e. The molecule has 1 atom stereocenters. The van der Waals surface area contributed by atoms with Crippen molar-refractivity contribution < 1.29 is 19.1 Å². The van der Waals surface area contributed by atoms with Crippen LogP contribution in [0.1, 0.15) is 29.7 Å². The largest absolute Gasteiger partial charge is 0.495 e. The van der Waals surface area contributed by atoms with Crippen LogP contribution < -0.4 is 24.6 Å². The lowest BCUT2D eigenvalue weighted by atomic mass is 10.00. The number of likely N-dealkylation sites (N-methyl/N-ethyl adjacent to an activating group) is 1. The molecule has 47 heavy (non-hydrogen) atoms. The summed E-state index contributed by atoms with van der Waals surface area (Å²) in [5, 5.41) is 3.36. The molecule has 2 amide bonds. The van der Waals surface area contributed by atoms with Crippen LogP contribution in [-0.4, -0.2) is 71.5 Å². The number of hydrogen-bond donors (Lipinski definition) is 1. The van der Waals surface area contributed by atoms with E-state index >= 15 is 0 Å². The molecule has 0 radical (unpaired) electrons. The number of nitrogens with zero attached hydrogens (tertiary/aromatic N) is 7. The number of carbonyl (C=O) groups is 2. The summed E-state index contributed by atoms with van der Waals surface area (Å²) in [5.41, 5.74) is 2.46. The van der Waals surface area contributed by atoms with Crippen LogP contribution in [0.5, 0.6) is 11.5 Å². The summed E-state index contributed by atoms with van der Waals surface area (Å²) in [6, 6.07) is 9.84. The number of rotatable bonds is 12. The van der Waals surface area contributed by atoms with Gasteiger partial charge in [-0.3, -0.25) is 14.6 Å². The Kier molecular flexibility index (Phi) is 10.5. The number of carbonyl (C=O) groups excluding carboxylic acids is 2. The average Bonchev–Trinajstić information content (AvgIpc) is 3.05. The molecule has 4 aromatic rings. The minimum absolute atomic E-state index is 0.0216. The summed E-state index contributed by atoms with van der Waals surface area (Å²) in [7, 11) is 6.81. The summed E-state index contributed by atoms with van der Waals surface area (Å²) in [6.45, 7) is 2.62. The molecule has 1 unspecified atom stereocenters. The number of fused-ring (bicyclic) bond motifs is 1. The van der Waals surface area contributed by atoms with E-state index in [1.54, 1.807) is 35.5 Å². The fourth-order valence-corrected chi connectivity index (χ4v) is 5.82. The Balaban J connectivity index is 1.57. The van der Waals surface area contributed by atoms with Gasteiger partial charge in [0, 0.05) is 37.0 Å². The van der Waals surface area contributed by atoms with Crippen molar-refractivity contribution in [2.45, 2.75) is 25.9 Å². The van der Waals surface area contributed by atoms with Gasteiger partial charge < -0.3 is 19.7 Å². The molecular weight excluding hydrogens is 643 g/mol. The molecule has 1 aliphatic rings. The van der Waals surface area contributed by atoms with Crippen molar-refractivity contribution in [3.8, 4) is 11.5 Å². The predicted molar refractivity (Wildman–Crippen MR) is 182 cm³/mol. The average molecular weight is 678 g/mol. The molecule has 1 N–H and O–H groups in total. The van der Waals surface area contributed by atoms with Gasteiger partial charge in [0.25, 0.3) is 0 Å². The number of methoxy groups -OCH3 is 2. The maximum absolute atomic E-state index is 14.6. The van der Waals surface area contributed by atoms with Gasteiger partial charge in [-0.1, -0.05) is 53.5 Å². The van der Waals surface area contributed by atoms with Crippen LogP contribution in [-0.2, 0) is 17.8 Å².